The van der Waals surface area contributed by atoms with E-state index >= 15 is 0 Å². The highest BCUT2D eigenvalue weighted by Crippen LogP contribution is 2.27. The molecule has 3 rings (SSSR count). The molecule has 156 valence electrons. The fourth-order valence-corrected chi connectivity index (χ4v) is 4.51. The number of hydrogen-bond acceptors (Lipinski definition) is 6. The molecule has 2 amide bonds. The van der Waals surface area contributed by atoms with E-state index in [1.165, 1.54) is 18.4 Å². The molecule has 1 saturated heterocycles. The van der Waals surface area contributed by atoms with Gasteiger partial charge in [-0.2, -0.15) is 0 Å². The number of methoxy groups -OCH3 is 2. The Morgan fingerprint density at radius 3 is 2.31 bits per heavy atom. The molecule has 0 N–H and O–H groups in total. The van der Waals surface area contributed by atoms with Crippen LogP contribution >= 0.6 is 11.3 Å². The maximum Gasteiger partial charge on any atom is 0.265 e. The summed E-state index contributed by atoms with van der Waals surface area (Å²) >= 11 is 1.49. The normalized spacial score (nSPS) is 14.1. The summed E-state index contributed by atoms with van der Waals surface area (Å²) in [4.78, 5) is 34.7. The monoisotopic (exact) mass is 417 g/mol. The van der Waals surface area contributed by atoms with E-state index in [1.54, 1.807) is 30.2 Å². The number of amides is 2. The molecule has 2 heterocycles. The summed E-state index contributed by atoms with van der Waals surface area (Å²) in [5.41, 5.74) is 1.29. The predicted octanol–water partition coefficient (Wildman–Crippen LogP) is 3.02. The van der Waals surface area contributed by atoms with Crippen molar-refractivity contribution in [1.82, 2.24) is 14.8 Å². The molecular weight excluding hydrogens is 390 g/mol. The second-order valence-corrected chi connectivity index (χ2v) is 8.01. The molecule has 0 unspecified atom stereocenters. The lowest BCUT2D eigenvalue weighted by Gasteiger charge is -2.34. The summed E-state index contributed by atoms with van der Waals surface area (Å²) in [7, 11) is 3.11. The molecule has 0 bridgehead atoms. The molecule has 1 aliphatic heterocycles. The van der Waals surface area contributed by atoms with Gasteiger partial charge in [-0.3, -0.25) is 9.59 Å². The van der Waals surface area contributed by atoms with E-state index in [2.05, 4.69) is 11.9 Å². The Balaban J connectivity index is 1.66. The Morgan fingerprint density at radius 2 is 1.72 bits per heavy atom. The van der Waals surface area contributed by atoms with Gasteiger partial charge in [0.05, 0.1) is 30.5 Å². The Labute approximate surface area is 175 Å². The number of carbonyl (C=O) groups is 2. The Morgan fingerprint density at radius 1 is 1.07 bits per heavy atom. The minimum atomic E-state index is -0.101. The molecule has 7 nitrogen and oxygen atoms in total. The topological polar surface area (TPSA) is 72.0 Å². The van der Waals surface area contributed by atoms with Crippen LogP contribution < -0.4 is 9.47 Å². The van der Waals surface area contributed by atoms with Crippen LogP contribution in [0, 0.1) is 6.92 Å². The van der Waals surface area contributed by atoms with E-state index in [0.29, 0.717) is 48.1 Å². The molecule has 29 heavy (non-hydrogen) atoms. The first-order valence-corrected chi connectivity index (χ1v) is 10.6. The van der Waals surface area contributed by atoms with Crippen LogP contribution in [0.3, 0.4) is 0 Å². The van der Waals surface area contributed by atoms with E-state index in [9.17, 15) is 9.59 Å². The smallest absolute Gasteiger partial charge is 0.265 e. The molecule has 0 atom stereocenters. The van der Waals surface area contributed by atoms with Crippen LogP contribution in [-0.4, -0.2) is 67.0 Å². The number of benzene rings is 1. The minimum Gasteiger partial charge on any atom is -0.497 e. The van der Waals surface area contributed by atoms with Crippen LogP contribution in [0.4, 0.5) is 0 Å². The molecule has 1 aromatic heterocycles. The van der Waals surface area contributed by atoms with Gasteiger partial charge >= 0.3 is 0 Å². The van der Waals surface area contributed by atoms with Crippen LogP contribution in [-0.2, 0) is 6.42 Å². The average molecular weight is 418 g/mol. The molecule has 1 fully saturated rings. The first-order chi connectivity index (χ1) is 14.0. The van der Waals surface area contributed by atoms with Gasteiger partial charge in [0.15, 0.2) is 0 Å². The second kappa shape index (κ2) is 9.26. The number of rotatable bonds is 6. The number of nitrogens with zero attached hydrogens (tertiary/aromatic N) is 3. The highest BCUT2D eigenvalue weighted by atomic mass is 32.1. The first-order valence-electron chi connectivity index (χ1n) is 9.75. The zero-order valence-corrected chi connectivity index (χ0v) is 18.2. The van der Waals surface area contributed by atoms with Crippen molar-refractivity contribution in [1.29, 1.82) is 0 Å². The van der Waals surface area contributed by atoms with Crippen molar-refractivity contribution in [2.24, 2.45) is 0 Å². The summed E-state index contributed by atoms with van der Waals surface area (Å²) in [5, 5.41) is 1.01. The van der Waals surface area contributed by atoms with Crippen LogP contribution in [0.25, 0.3) is 0 Å². The fraction of sp³-hybridized carbons (Fsp3) is 0.476. The van der Waals surface area contributed by atoms with Gasteiger partial charge in [-0.15, -0.1) is 11.3 Å². The maximum absolute atomic E-state index is 12.9. The van der Waals surface area contributed by atoms with E-state index < -0.39 is 0 Å². The van der Waals surface area contributed by atoms with Crippen molar-refractivity contribution in [3.05, 3.63) is 39.3 Å². The third kappa shape index (κ3) is 4.53. The number of ether oxygens (including phenoxy) is 2. The van der Waals surface area contributed by atoms with Gasteiger partial charge in [-0.1, -0.05) is 6.92 Å². The van der Waals surface area contributed by atoms with Gasteiger partial charge in [0.2, 0.25) is 0 Å². The third-order valence-corrected chi connectivity index (χ3v) is 6.20. The quantitative estimate of drug-likeness (QED) is 0.723. The molecule has 0 radical (unpaired) electrons. The van der Waals surface area contributed by atoms with Gasteiger partial charge in [0.1, 0.15) is 16.4 Å². The summed E-state index contributed by atoms with van der Waals surface area (Å²) < 4.78 is 10.5. The number of aryl methyl sites for hydroxylation is 2. The number of aromatic nitrogens is 1. The lowest BCUT2D eigenvalue weighted by molar-refractivity contribution is 0.0535. The van der Waals surface area contributed by atoms with Crippen molar-refractivity contribution in [3.8, 4) is 11.5 Å². The van der Waals surface area contributed by atoms with Gasteiger partial charge < -0.3 is 19.3 Å². The molecular formula is C21H27N3O4S. The summed E-state index contributed by atoms with van der Waals surface area (Å²) in [6.07, 6.45) is 1.90. The van der Waals surface area contributed by atoms with Gasteiger partial charge in [-0.25, -0.2) is 4.98 Å². The minimum absolute atomic E-state index is 0.0106. The number of hydrogen-bond donors (Lipinski definition) is 0. The lowest BCUT2D eigenvalue weighted by Crippen LogP contribution is -2.50. The van der Waals surface area contributed by atoms with E-state index in [0.717, 1.165) is 23.5 Å². The third-order valence-electron chi connectivity index (χ3n) is 4.99. The maximum atomic E-state index is 12.9. The van der Waals surface area contributed by atoms with Gasteiger partial charge in [0.25, 0.3) is 11.8 Å². The standard InChI is InChI=1S/C21H27N3O4S/c1-5-6-18-22-14(2)19(29-18)21(26)24-11-9-23(10-12-24)20(25)16-8-7-15(27-3)13-17(16)28-4/h7-8,13H,5-6,9-12H2,1-4H3. The summed E-state index contributed by atoms with van der Waals surface area (Å²) in [6, 6.07) is 5.16. The molecule has 1 aliphatic rings. The molecule has 0 spiro atoms. The average Bonchev–Trinajstić information content (AvgIpc) is 3.12. The molecule has 8 heteroatoms. The lowest BCUT2D eigenvalue weighted by atomic mass is 10.1. The fourth-order valence-electron chi connectivity index (χ4n) is 3.37. The number of piperazine rings is 1. The zero-order valence-electron chi connectivity index (χ0n) is 17.4. The Bertz CT molecular complexity index is 888. The van der Waals surface area contributed by atoms with Crippen LogP contribution in [0.15, 0.2) is 18.2 Å². The predicted molar refractivity (Wildman–Crippen MR) is 112 cm³/mol. The zero-order chi connectivity index (χ0) is 21.0. The summed E-state index contributed by atoms with van der Waals surface area (Å²) in [5.74, 6) is 1.03. The highest BCUT2D eigenvalue weighted by Gasteiger charge is 2.28. The largest absolute Gasteiger partial charge is 0.497 e. The molecule has 0 saturated carbocycles. The van der Waals surface area contributed by atoms with Crippen molar-refractivity contribution in [3.63, 3.8) is 0 Å². The second-order valence-electron chi connectivity index (χ2n) is 6.92. The van der Waals surface area contributed by atoms with E-state index in [-0.39, 0.29) is 11.8 Å². The van der Waals surface area contributed by atoms with Crippen LogP contribution in [0.5, 0.6) is 11.5 Å². The first kappa shape index (κ1) is 21.1. The molecule has 1 aromatic carbocycles. The number of carbonyl (C=O) groups excluding carboxylic acids is 2. The van der Waals surface area contributed by atoms with Crippen molar-refractivity contribution >= 4 is 23.2 Å². The Kier molecular flexibility index (Phi) is 6.74. The number of thiazole rings is 1. The summed E-state index contributed by atoms with van der Waals surface area (Å²) in [6.45, 7) is 5.97. The molecule has 2 aromatic rings. The highest BCUT2D eigenvalue weighted by molar-refractivity contribution is 7.13. The van der Waals surface area contributed by atoms with Gasteiger partial charge in [0, 0.05) is 32.2 Å². The van der Waals surface area contributed by atoms with Crippen LogP contribution in [0.1, 0.15) is 44.1 Å². The van der Waals surface area contributed by atoms with Gasteiger partial charge in [-0.05, 0) is 31.9 Å². The van der Waals surface area contributed by atoms with Crippen molar-refractivity contribution < 1.29 is 19.1 Å². The van der Waals surface area contributed by atoms with Crippen molar-refractivity contribution in [2.45, 2.75) is 26.7 Å². The van der Waals surface area contributed by atoms with Crippen LogP contribution in [0.2, 0.25) is 0 Å². The SMILES string of the molecule is CCCc1nc(C)c(C(=O)N2CCN(C(=O)c3ccc(OC)cc3OC)CC2)s1. The van der Waals surface area contributed by atoms with E-state index in [1.807, 2.05) is 11.8 Å². The molecule has 0 aliphatic carbocycles. The Hall–Kier alpha value is -2.61. The van der Waals surface area contributed by atoms with E-state index in [4.69, 9.17) is 9.47 Å². The van der Waals surface area contributed by atoms with Crippen molar-refractivity contribution in [2.75, 3.05) is 40.4 Å².